The number of benzene rings is 2. The molecule has 0 fully saturated rings. The summed E-state index contributed by atoms with van der Waals surface area (Å²) < 4.78 is 46.1. The van der Waals surface area contributed by atoms with E-state index in [2.05, 4.69) is 5.32 Å². The molecule has 1 N–H and O–H groups in total. The van der Waals surface area contributed by atoms with Gasteiger partial charge >= 0.3 is 6.18 Å². The van der Waals surface area contributed by atoms with Gasteiger partial charge in [0.1, 0.15) is 5.75 Å². The maximum atomic E-state index is 13.6. The van der Waals surface area contributed by atoms with E-state index in [4.69, 9.17) is 4.74 Å². The van der Waals surface area contributed by atoms with Crippen LogP contribution in [-0.4, -0.2) is 12.0 Å². The molecular weight excluding hydrogens is 373 g/mol. The zero-order chi connectivity index (χ0) is 20.1. The van der Waals surface area contributed by atoms with E-state index in [0.717, 1.165) is 6.07 Å². The van der Waals surface area contributed by atoms with Gasteiger partial charge in [-0.05, 0) is 29.5 Å². The topological polar surface area (TPSA) is 64.4 Å². The molecule has 0 spiro atoms. The summed E-state index contributed by atoms with van der Waals surface area (Å²) in [6.07, 6.45) is -0.0596. The molecule has 0 saturated carbocycles. The number of allylic oxidation sites excluding steroid dienone is 2. The van der Waals surface area contributed by atoms with Gasteiger partial charge in [0.05, 0.1) is 35.4 Å². The number of non-ortho nitro benzene ring substituents is 1. The first-order valence-corrected chi connectivity index (χ1v) is 8.77. The van der Waals surface area contributed by atoms with E-state index >= 15 is 0 Å². The lowest BCUT2D eigenvalue weighted by Gasteiger charge is -2.38. The monoisotopic (exact) mass is 390 g/mol. The van der Waals surface area contributed by atoms with Crippen LogP contribution in [0, 0.1) is 16.0 Å². The summed E-state index contributed by atoms with van der Waals surface area (Å²) in [5.74, 6) is -0.156. The van der Waals surface area contributed by atoms with Crippen molar-refractivity contribution in [3.8, 4) is 5.75 Å². The number of methoxy groups -OCH3 is 1. The van der Waals surface area contributed by atoms with Crippen LogP contribution in [-0.2, 0) is 6.18 Å². The Morgan fingerprint density at radius 2 is 1.96 bits per heavy atom. The molecule has 0 radical (unpaired) electrons. The van der Waals surface area contributed by atoms with E-state index < -0.39 is 22.7 Å². The first kappa shape index (κ1) is 18.3. The highest BCUT2D eigenvalue weighted by molar-refractivity contribution is 5.71. The molecule has 0 unspecified atom stereocenters. The summed E-state index contributed by atoms with van der Waals surface area (Å²) in [5, 5.41) is 14.5. The number of alkyl halides is 3. The van der Waals surface area contributed by atoms with Crippen molar-refractivity contribution in [1.29, 1.82) is 0 Å². The van der Waals surface area contributed by atoms with Crippen molar-refractivity contribution >= 4 is 11.4 Å². The van der Waals surface area contributed by atoms with Gasteiger partial charge in [-0.1, -0.05) is 30.4 Å². The molecule has 0 amide bonds. The van der Waals surface area contributed by atoms with Crippen molar-refractivity contribution < 1.29 is 22.8 Å². The molecule has 5 nitrogen and oxygen atoms in total. The van der Waals surface area contributed by atoms with E-state index in [1.807, 2.05) is 12.2 Å². The second kappa shape index (κ2) is 6.54. The molecule has 0 bridgehead atoms. The summed E-state index contributed by atoms with van der Waals surface area (Å²) in [5.41, 5.74) is 0.557. The van der Waals surface area contributed by atoms with Crippen LogP contribution in [0.5, 0.6) is 5.75 Å². The Kier molecular flexibility index (Phi) is 4.28. The summed E-state index contributed by atoms with van der Waals surface area (Å²) in [6, 6.07) is 7.70. The highest BCUT2D eigenvalue weighted by Crippen LogP contribution is 2.54. The second-order valence-corrected chi connectivity index (χ2v) is 6.93. The largest absolute Gasteiger partial charge is 0.494 e. The number of rotatable bonds is 3. The van der Waals surface area contributed by atoms with Crippen molar-refractivity contribution in [2.45, 2.75) is 24.6 Å². The van der Waals surface area contributed by atoms with E-state index in [1.54, 1.807) is 6.07 Å². The van der Waals surface area contributed by atoms with Gasteiger partial charge in [0, 0.05) is 12.0 Å². The molecule has 1 aliphatic carbocycles. The Labute approximate surface area is 159 Å². The van der Waals surface area contributed by atoms with E-state index in [1.165, 1.54) is 31.4 Å². The number of anilines is 1. The fourth-order valence-corrected chi connectivity index (χ4v) is 4.25. The van der Waals surface area contributed by atoms with E-state index in [0.29, 0.717) is 17.7 Å². The molecule has 4 rings (SSSR count). The third-order valence-corrected chi connectivity index (χ3v) is 5.45. The number of fused-ring (bicyclic) bond motifs is 3. The maximum Gasteiger partial charge on any atom is 0.416 e. The molecule has 1 aliphatic heterocycles. The molecule has 3 atom stereocenters. The minimum atomic E-state index is -4.47. The molecule has 2 aliphatic rings. The van der Waals surface area contributed by atoms with Crippen molar-refractivity contribution in [2.24, 2.45) is 5.92 Å². The number of nitro groups is 1. The molecular formula is C20H17F3N2O3. The van der Waals surface area contributed by atoms with Gasteiger partial charge in [-0.2, -0.15) is 13.2 Å². The predicted molar refractivity (Wildman–Crippen MR) is 97.4 cm³/mol. The maximum absolute atomic E-state index is 13.6. The first-order chi connectivity index (χ1) is 13.3. The number of nitro benzene ring substituents is 1. The Morgan fingerprint density at radius 1 is 1.21 bits per heavy atom. The molecule has 2 aromatic rings. The van der Waals surface area contributed by atoms with Gasteiger partial charge in [-0.25, -0.2) is 0 Å². The lowest BCUT2D eigenvalue weighted by Crippen LogP contribution is -2.31. The summed E-state index contributed by atoms with van der Waals surface area (Å²) in [4.78, 5) is 10.8. The van der Waals surface area contributed by atoms with Crippen molar-refractivity contribution in [3.05, 3.63) is 75.4 Å². The SMILES string of the molecule is COc1cc([N+](=O)[O-])cc2c1N[C@H](c1ccccc1C(F)(F)F)[C@@H]1CC=C[C@@H]21. The smallest absolute Gasteiger partial charge is 0.416 e. The second-order valence-electron chi connectivity index (χ2n) is 6.93. The minimum Gasteiger partial charge on any atom is -0.494 e. The average molecular weight is 390 g/mol. The Balaban J connectivity index is 1.88. The third kappa shape index (κ3) is 2.89. The van der Waals surface area contributed by atoms with Crippen LogP contribution in [0.4, 0.5) is 24.5 Å². The highest BCUT2D eigenvalue weighted by Gasteiger charge is 2.43. The number of hydrogen-bond acceptors (Lipinski definition) is 4. The Morgan fingerprint density at radius 3 is 2.64 bits per heavy atom. The van der Waals surface area contributed by atoms with Crippen LogP contribution >= 0.6 is 0 Å². The summed E-state index contributed by atoms with van der Waals surface area (Å²) in [6.45, 7) is 0. The number of halogens is 3. The summed E-state index contributed by atoms with van der Waals surface area (Å²) in [7, 11) is 1.39. The number of nitrogens with one attached hydrogen (secondary N) is 1. The fraction of sp³-hybridized carbons (Fsp3) is 0.300. The average Bonchev–Trinajstić information content (AvgIpc) is 3.15. The molecule has 0 saturated heterocycles. The third-order valence-electron chi connectivity index (χ3n) is 5.45. The Bertz CT molecular complexity index is 972. The predicted octanol–water partition coefficient (Wildman–Crippen LogP) is 5.45. The van der Waals surface area contributed by atoms with Crippen LogP contribution in [0.1, 0.15) is 35.1 Å². The van der Waals surface area contributed by atoms with Gasteiger partial charge in [0.2, 0.25) is 0 Å². The number of nitrogens with zero attached hydrogens (tertiary/aromatic N) is 1. The molecule has 146 valence electrons. The highest BCUT2D eigenvalue weighted by atomic mass is 19.4. The quantitative estimate of drug-likeness (QED) is 0.430. The number of hydrogen-bond donors (Lipinski definition) is 1. The molecule has 8 heteroatoms. The summed E-state index contributed by atoms with van der Waals surface area (Å²) >= 11 is 0. The van der Waals surface area contributed by atoms with Gasteiger partial charge in [-0.15, -0.1) is 0 Å². The van der Waals surface area contributed by atoms with Crippen LogP contribution in [0.2, 0.25) is 0 Å². The van der Waals surface area contributed by atoms with Gasteiger partial charge < -0.3 is 10.1 Å². The van der Waals surface area contributed by atoms with Gasteiger partial charge in [0.25, 0.3) is 5.69 Å². The van der Waals surface area contributed by atoms with E-state index in [-0.39, 0.29) is 28.8 Å². The minimum absolute atomic E-state index is 0.106. The standard InChI is InChI=1S/C20H17F3N2O3/c1-28-17-10-11(25(26)27)9-15-12-6-4-7-13(12)18(24-19(15)17)14-5-2-3-8-16(14)20(21,22)23/h2-6,8-10,12-13,18,24H,7H2,1H3/t12-,13-,18+/m1/s1. The first-order valence-electron chi connectivity index (χ1n) is 8.77. The van der Waals surface area contributed by atoms with Crippen molar-refractivity contribution in [2.75, 3.05) is 12.4 Å². The van der Waals surface area contributed by atoms with Crippen molar-refractivity contribution in [1.82, 2.24) is 0 Å². The van der Waals surface area contributed by atoms with E-state index in [9.17, 15) is 23.3 Å². The molecule has 2 aromatic carbocycles. The molecule has 28 heavy (non-hydrogen) atoms. The van der Waals surface area contributed by atoms with Crippen LogP contribution < -0.4 is 10.1 Å². The van der Waals surface area contributed by atoms with Crippen LogP contribution in [0.25, 0.3) is 0 Å². The van der Waals surface area contributed by atoms with Crippen LogP contribution in [0.3, 0.4) is 0 Å². The van der Waals surface area contributed by atoms with Gasteiger partial charge in [0.15, 0.2) is 0 Å². The molecule has 1 heterocycles. The number of ether oxygens (including phenoxy) is 1. The Hall–Kier alpha value is -3.03. The zero-order valence-electron chi connectivity index (χ0n) is 14.9. The normalized spacial score (nSPS) is 22.9. The molecule has 0 aromatic heterocycles. The van der Waals surface area contributed by atoms with Crippen LogP contribution in [0.15, 0.2) is 48.6 Å². The van der Waals surface area contributed by atoms with Gasteiger partial charge in [-0.3, -0.25) is 10.1 Å². The lowest BCUT2D eigenvalue weighted by atomic mass is 9.76. The van der Waals surface area contributed by atoms with Crippen molar-refractivity contribution in [3.63, 3.8) is 0 Å². The zero-order valence-corrected chi connectivity index (χ0v) is 14.9. The lowest BCUT2D eigenvalue weighted by molar-refractivity contribution is -0.385. The fourth-order valence-electron chi connectivity index (χ4n) is 4.25.